The average molecular weight is 220 g/mol. The molecule has 1 aliphatic rings. The van der Waals surface area contributed by atoms with Crippen molar-refractivity contribution in [1.82, 2.24) is 9.78 Å². The minimum atomic E-state index is 0.0755. The molecule has 0 unspecified atom stereocenters. The van der Waals surface area contributed by atoms with E-state index in [1.807, 2.05) is 11.7 Å². The summed E-state index contributed by atoms with van der Waals surface area (Å²) in [5, 5.41) is 4.50. The van der Waals surface area contributed by atoms with Crippen LogP contribution in [-0.4, -0.2) is 15.6 Å². The molecule has 0 saturated heterocycles. The molecule has 0 N–H and O–H groups in total. The van der Waals surface area contributed by atoms with Crippen LogP contribution in [0.25, 0.3) is 0 Å². The van der Waals surface area contributed by atoms with E-state index in [0.717, 1.165) is 23.4 Å². The van der Waals surface area contributed by atoms with Crippen molar-refractivity contribution in [2.45, 2.75) is 46.5 Å². The van der Waals surface area contributed by atoms with Gasteiger partial charge in [0.15, 0.2) is 5.78 Å². The molecule has 1 aromatic heterocycles. The largest absolute Gasteiger partial charge is 0.294 e. The Bertz CT molecular complexity index is 441. The topological polar surface area (TPSA) is 34.9 Å². The number of rotatable bonds is 1. The zero-order chi connectivity index (χ0) is 12.1. The number of carbonyl (C=O) groups excluding carboxylic acids is 1. The number of fused-ring (bicyclic) bond motifs is 1. The molecule has 0 saturated carbocycles. The predicted octanol–water partition coefficient (Wildman–Crippen LogP) is 2.70. The van der Waals surface area contributed by atoms with Gasteiger partial charge in [-0.05, 0) is 17.8 Å². The van der Waals surface area contributed by atoms with Gasteiger partial charge in [-0.15, -0.1) is 0 Å². The Morgan fingerprint density at radius 2 is 1.94 bits per heavy atom. The summed E-state index contributed by atoms with van der Waals surface area (Å²) in [6.45, 7) is 8.48. The van der Waals surface area contributed by atoms with Gasteiger partial charge in [0.1, 0.15) is 0 Å². The Balaban J connectivity index is 2.58. The van der Waals surface area contributed by atoms with E-state index < -0.39 is 0 Å². The molecule has 1 aliphatic carbocycles. The molecular weight excluding hydrogens is 200 g/mol. The van der Waals surface area contributed by atoms with E-state index in [1.54, 1.807) is 0 Å². The number of Topliss-reactive ketones (excluding diaryl/α,β-unsaturated/α-hetero) is 1. The van der Waals surface area contributed by atoms with Crippen molar-refractivity contribution < 1.29 is 4.79 Å². The van der Waals surface area contributed by atoms with Crippen molar-refractivity contribution in [3.8, 4) is 0 Å². The molecule has 3 heteroatoms. The van der Waals surface area contributed by atoms with Gasteiger partial charge in [-0.3, -0.25) is 9.48 Å². The van der Waals surface area contributed by atoms with Crippen LogP contribution in [-0.2, 0) is 13.5 Å². The van der Waals surface area contributed by atoms with Crippen molar-refractivity contribution in [2.24, 2.45) is 12.5 Å². The number of hydrogen-bond acceptors (Lipinski definition) is 2. The maximum atomic E-state index is 12.2. The molecule has 1 heterocycles. The van der Waals surface area contributed by atoms with Crippen LogP contribution < -0.4 is 0 Å². The maximum Gasteiger partial charge on any atom is 0.167 e. The molecule has 0 spiro atoms. The van der Waals surface area contributed by atoms with Crippen LogP contribution in [0.5, 0.6) is 0 Å². The maximum absolute atomic E-state index is 12.2. The fraction of sp³-hybridized carbons (Fsp3) is 0.692. The molecule has 0 atom stereocenters. The number of carbonyl (C=O) groups is 1. The lowest BCUT2D eigenvalue weighted by Crippen LogP contribution is -2.28. The third kappa shape index (κ3) is 1.68. The number of ketones is 1. The Morgan fingerprint density at radius 1 is 1.31 bits per heavy atom. The van der Waals surface area contributed by atoms with E-state index >= 15 is 0 Å². The monoisotopic (exact) mass is 220 g/mol. The molecule has 16 heavy (non-hydrogen) atoms. The zero-order valence-electron chi connectivity index (χ0n) is 10.8. The third-order valence-corrected chi connectivity index (χ3v) is 3.30. The van der Waals surface area contributed by atoms with E-state index in [4.69, 9.17) is 0 Å². The van der Waals surface area contributed by atoms with Crippen molar-refractivity contribution in [3.63, 3.8) is 0 Å². The first-order valence-electron chi connectivity index (χ1n) is 5.91. The molecule has 1 aromatic rings. The first kappa shape index (κ1) is 11.4. The van der Waals surface area contributed by atoms with Crippen LogP contribution in [0.2, 0.25) is 0 Å². The zero-order valence-corrected chi connectivity index (χ0v) is 10.8. The average Bonchev–Trinajstić information content (AvgIpc) is 2.42. The second kappa shape index (κ2) is 3.44. The van der Waals surface area contributed by atoms with Crippen LogP contribution in [0.1, 0.15) is 61.8 Å². The normalized spacial score (nSPS) is 19.0. The van der Waals surface area contributed by atoms with Gasteiger partial charge >= 0.3 is 0 Å². The molecule has 0 aliphatic heterocycles. The molecule has 3 nitrogen and oxygen atoms in total. The van der Waals surface area contributed by atoms with E-state index in [0.29, 0.717) is 12.3 Å². The SMILES string of the molecule is CC(C)c1nn(C)c2c1C(=O)CC(C)(C)C2. The smallest absolute Gasteiger partial charge is 0.167 e. The quantitative estimate of drug-likeness (QED) is 0.729. The van der Waals surface area contributed by atoms with E-state index in [-0.39, 0.29) is 11.2 Å². The standard InChI is InChI=1S/C13H20N2O/c1-8(2)12-11-9(15(5)14-12)6-13(3,4)7-10(11)16/h8H,6-7H2,1-5H3. The highest BCUT2D eigenvalue weighted by Crippen LogP contribution is 2.37. The highest BCUT2D eigenvalue weighted by molar-refractivity contribution is 5.99. The minimum absolute atomic E-state index is 0.0755. The second-order valence-electron chi connectivity index (χ2n) is 5.93. The van der Waals surface area contributed by atoms with Gasteiger partial charge < -0.3 is 0 Å². The Morgan fingerprint density at radius 3 is 2.50 bits per heavy atom. The van der Waals surface area contributed by atoms with Gasteiger partial charge in [-0.25, -0.2) is 0 Å². The van der Waals surface area contributed by atoms with Gasteiger partial charge in [0, 0.05) is 19.2 Å². The van der Waals surface area contributed by atoms with Crippen LogP contribution in [0.3, 0.4) is 0 Å². The van der Waals surface area contributed by atoms with Crippen LogP contribution >= 0.6 is 0 Å². The van der Waals surface area contributed by atoms with Crippen LogP contribution in [0.15, 0.2) is 0 Å². The summed E-state index contributed by atoms with van der Waals surface area (Å²) in [5.74, 6) is 0.586. The van der Waals surface area contributed by atoms with Gasteiger partial charge in [0.25, 0.3) is 0 Å². The summed E-state index contributed by atoms with van der Waals surface area (Å²) in [4.78, 5) is 12.2. The molecule has 0 radical (unpaired) electrons. The first-order valence-corrected chi connectivity index (χ1v) is 5.91. The van der Waals surface area contributed by atoms with Crippen molar-refractivity contribution in [2.75, 3.05) is 0 Å². The van der Waals surface area contributed by atoms with Crippen molar-refractivity contribution in [3.05, 3.63) is 17.0 Å². The molecular formula is C13H20N2O. The molecule has 0 amide bonds. The molecule has 2 rings (SSSR count). The summed E-state index contributed by atoms with van der Waals surface area (Å²) in [7, 11) is 1.94. The first-order chi connectivity index (χ1) is 7.32. The number of aryl methyl sites for hydroxylation is 1. The summed E-state index contributed by atoms with van der Waals surface area (Å²) >= 11 is 0. The third-order valence-electron chi connectivity index (χ3n) is 3.30. The Labute approximate surface area is 96.8 Å². The van der Waals surface area contributed by atoms with Gasteiger partial charge in [-0.2, -0.15) is 5.10 Å². The lowest BCUT2D eigenvalue weighted by Gasteiger charge is -2.29. The number of hydrogen-bond donors (Lipinski definition) is 0. The van der Waals surface area contributed by atoms with E-state index in [9.17, 15) is 4.79 Å². The Kier molecular flexibility index (Phi) is 2.44. The highest BCUT2D eigenvalue weighted by Gasteiger charge is 2.36. The van der Waals surface area contributed by atoms with Gasteiger partial charge in [-0.1, -0.05) is 27.7 Å². The highest BCUT2D eigenvalue weighted by atomic mass is 16.1. The summed E-state index contributed by atoms with van der Waals surface area (Å²) in [5.41, 5.74) is 3.06. The lowest BCUT2D eigenvalue weighted by molar-refractivity contribution is 0.0909. The van der Waals surface area contributed by atoms with Gasteiger partial charge in [0.05, 0.1) is 11.3 Å². The van der Waals surface area contributed by atoms with Crippen LogP contribution in [0.4, 0.5) is 0 Å². The fourth-order valence-electron chi connectivity index (χ4n) is 2.53. The molecule has 88 valence electrons. The fourth-order valence-corrected chi connectivity index (χ4v) is 2.53. The minimum Gasteiger partial charge on any atom is -0.294 e. The van der Waals surface area contributed by atoms with Crippen molar-refractivity contribution >= 4 is 5.78 Å². The van der Waals surface area contributed by atoms with E-state index in [1.165, 1.54) is 0 Å². The van der Waals surface area contributed by atoms with E-state index in [2.05, 4.69) is 32.8 Å². The number of aromatic nitrogens is 2. The predicted molar refractivity (Wildman–Crippen MR) is 63.7 cm³/mol. The summed E-state index contributed by atoms with van der Waals surface area (Å²) in [6, 6.07) is 0. The number of nitrogens with zero attached hydrogens (tertiary/aromatic N) is 2. The molecule has 0 bridgehead atoms. The molecule has 0 fully saturated rings. The van der Waals surface area contributed by atoms with Gasteiger partial charge in [0.2, 0.25) is 0 Å². The second-order valence-corrected chi connectivity index (χ2v) is 5.93. The Hall–Kier alpha value is -1.12. The summed E-state index contributed by atoms with van der Waals surface area (Å²) < 4.78 is 1.89. The van der Waals surface area contributed by atoms with Crippen molar-refractivity contribution in [1.29, 1.82) is 0 Å². The molecule has 0 aromatic carbocycles. The van der Waals surface area contributed by atoms with Crippen LogP contribution in [0, 0.1) is 5.41 Å². The summed E-state index contributed by atoms with van der Waals surface area (Å²) in [6.07, 6.45) is 1.59. The lowest BCUT2D eigenvalue weighted by atomic mass is 9.75.